The van der Waals surface area contributed by atoms with Crippen molar-refractivity contribution in [3.05, 3.63) is 40.7 Å². The molecule has 0 saturated heterocycles. The SMILES string of the molecule is CCNc1nnc(-c2ccc(F)c(F)c2F)c(C)c1C. The third-order valence-electron chi connectivity index (χ3n) is 3.16. The molecule has 2 aromatic rings. The number of nitrogens with zero attached hydrogens (tertiary/aromatic N) is 2. The fourth-order valence-corrected chi connectivity index (χ4v) is 1.91. The summed E-state index contributed by atoms with van der Waals surface area (Å²) in [6.07, 6.45) is 0. The van der Waals surface area contributed by atoms with Gasteiger partial charge in [-0.05, 0) is 44.0 Å². The largest absolute Gasteiger partial charge is 0.369 e. The van der Waals surface area contributed by atoms with Crippen molar-refractivity contribution in [2.75, 3.05) is 11.9 Å². The van der Waals surface area contributed by atoms with Crippen LogP contribution in [-0.2, 0) is 0 Å². The molecule has 1 aromatic carbocycles. The monoisotopic (exact) mass is 281 g/mol. The van der Waals surface area contributed by atoms with Crippen LogP contribution >= 0.6 is 0 Å². The van der Waals surface area contributed by atoms with E-state index in [1.807, 2.05) is 13.8 Å². The number of hydrogen-bond donors (Lipinski definition) is 1. The topological polar surface area (TPSA) is 37.8 Å². The molecule has 2 rings (SSSR count). The minimum Gasteiger partial charge on any atom is -0.369 e. The summed E-state index contributed by atoms with van der Waals surface area (Å²) < 4.78 is 40.1. The van der Waals surface area contributed by atoms with Crippen LogP contribution in [0.5, 0.6) is 0 Å². The molecule has 0 aliphatic carbocycles. The fraction of sp³-hybridized carbons (Fsp3) is 0.286. The second kappa shape index (κ2) is 5.48. The average Bonchev–Trinajstić information content (AvgIpc) is 2.43. The van der Waals surface area contributed by atoms with Crippen molar-refractivity contribution in [1.82, 2.24) is 10.2 Å². The Kier molecular flexibility index (Phi) is 3.92. The highest BCUT2D eigenvalue weighted by atomic mass is 19.2. The standard InChI is InChI=1S/C14H14F3N3/c1-4-18-14-8(3)7(2)13(19-20-14)9-5-6-10(15)12(17)11(9)16/h5-6H,4H2,1-3H3,(H,18,20). The molecule has 1 heterocycles. The zero-order valence-electron chi connectivity index (χ0n) is 11.4. The predicted octanol–water partition coefficient (Wildman–Crippen LogP) is 3.61. The van der Waals surface area contributed by atoms with Gasteiger partial charge < -0.3 is 5.32 Å². The smallest absolute Gasteiger partial charge is 0.195 e. The van der Waals surface area contributed by atoms with Gasteiger partial charge in [0, 0.05) is 12.1 Å². The summed E-state index contributed by atoms with van der Waals surface area (Å²) in [6.45, 7) is 6.14. The molecule has 3 nitrogen and oxygen atoms in total. The first kappa shape index (κ1) is 14.3. The molecule has 0 fully saturated rings. The zero-order valence-corrected chi connectivity index (χ0v) is 11.4. The highest BCUT2D eigenvalue weighted by molar-refractivity contribution is 5.67. The number of hydrogen-bond acceptors (Lipinski definition) is 3. The van der Waals surface area contributed by atoms with Crippen LogP contribution in [0.1, 0.15) is 18.1 Å². The van der Waals surface area contributed by atoms with E-state index in [1.165, 1.54) is 0 Å². The summed E-state index contributed by atoms with van der Waals surface area (Å²) in [5, 5.41) is 10.9. The van der Waals surface area contributed by atoms with Gasteiger partial charge in [-0.1, -0.05) is 0 Å². The quantitative estimate of drug-likeness (QED) is 0.873. The molecule has 106 valence electrons. The number of rotatable bonds is 3. The van der Waals surface area contributed by atoms with E-state index in [9.17, 15) is 13.2 Å². The Morgan fingerprint density at radius 3 is 2.35 bits per heavy atom. The minimum absolute atomic E-state index is 0.0972. The van der Waals surface area contributed by atoms with Crippen LogP contribution in [0.15, 0.2) is 12.1 Å². The maximum absolute atomic E-state index is 13.8. The molecule has 0 bridgehead atoms. The van der Waals surface area contributed by atoms with E-state index >= 15 is 0 Å². The van der Waals surface area contributed by atoms with E-state index in [1.54, 1.807) is 6.92 Å². The molecule has 1 aromatic heterocycles. The maximum Gasteiger partial charge on any atom is 0.195 e. The highest BCUT2D eigenvalue weighted by Gasteiger charge is 2.19. The van der Waals surface area contributed by atoms with E-state index in [2.05, 4.69) is 15.5 Å². The molecule has 0 spiro atoms. The van der Waals surface area contributed by atoms with E-state index in [0.717, 1.165) is 17.7 Å². The van der Waals surface area contributed by atoms with Crippen molar-refractivity contribution in [2.24, 2.45) is 0 Å². The van der Waals surface area contributed by atoms with Crippen LogP contribution in [0.3, 0.4) is 0 Å². The highest BCUT2D eigenvalue weighted by Crippen LogP contribution is 2.29. The van der Waals surface area contributed by atoms with E-state index in [-0.39, 0.29) is 11.3 Å². The van der Waals surface area contributed by atoms with Gasteiger partial charge in [0.25, 0.3) is 0 Å². The van der Waals surface area contributed by atoms with Gasteiger partial charge in [0.05, 0.1) is 5.69 Å². The van der Waals surface area contributed by atoms with Crippen molar-refractivity contribution >= 4 is 5.82 Å². The number of halogens is 3. The molecule has 0 unspecified atom stereocenters. The van der Waals surface area contributed by atoms with Crippen molar-refractivity contribution in [2.45, 2.75) is 20.8 Å². The molecule has 20 heavy (non-hydrogen) atoms. The summed E-state index contributed by atoms with van der Waals surface area (Å²) >= 11 is 0. The molecule has 0 saturated carbocycles. The molecule has 0 radical (unpaired) electrons. The second-order valence-corrected chi connectivity index (χ2v) is 4.40. The van der Waals surface area contributed by atoms with E-state index in [0.29, 0.717) is 17.9 Å². The zero-order chi connectivity index (χ0) is 14.9. The van der Waals surface area contributed by atoms with Crippen LogP contribution < -0.4 is 5.32 Å². The molecular formula is C14H14F3N3. The van der Waals surface area contributed by atoms with Crippen molar-refractivity contribution < 1.29 is 13.2 Å². The number of aromatic nitrogens is 2. The normalized spacial score (nSPS) is 10.7. The summed E-state index contributed by atoms with van der Waals surface area (Å²) in [5.74, 6) is -3.38. The van der Waals surface area contributed by atoms with Crippen LogP contribution in [0.4, 0.5) is 19.0 Å². The summed E-state index contributed by atoms with van der Waals surface area (Å²) in [4.78, 5) is 0. The van der Waals surface area contributed by atoms with Crippen molar-refractivity contribution in [3.63, 3.8) is 0 Å². The molecule has 0 atom stereocenters. The van der Waals surface area contributed by atoms with Gasteiger partial charge in [-0.2, -0.15) is 0 Å². The van der Waals surface area contributed by atoms with Gasteiger partial charge >= 0.3 is 0 Å². The van der Waals surface area contributed by atoms with Crippen LogP contribution in [0.2, 0.25) is 0 Å². The minimum atomic E-state index is -1.50. The third-order valence-corrected chi connectivity index (χ3v) is 3.16. The Morgan fingerprint density at radius 2 is 1.70 bits per heavy atom. The summed E-state index contributed by atoms with van der Waals surface area (Å²) in [7, 11) is 0. The molecular weight excluding hydrogens is 267 g/mol. The number of benzene rings is 1. The Bertz CT molecular complexity index is 657. The summed E-state index contributed by atoms with van der Waals surface area (Å²) in [6, 6.07) is 2.04. The molecule has 0 aliphatic heterocycles. The van der Waals surface area contributed by atoms with Crippen molar-refractivity contribution in [1.29, 1.82) is 0 Å². The Labute approximate surface area is 114 Å². The Balaban J connectivity index is 2.60. The number of nitrogens with one attached hydrogen (secondary N) is 1. The molecule has 0 aliphatic rings. The molecule has 6 heteroatoms. The summed E-state index contributed by atoms with van der Waals surface area (Å²) in [5.41, 5.74) is 1.57. The molecule has 1 N–H and O–H groups in total. The van der Waals surface area contributed by atoms with Gasteiger partial charge in [-0.15, -0.1) is 10.2 Å². The lowest BCUT2D eigenvalue weighted by Crippen LogP contribution is -2.07. The number of anilines is 1. The first-order valence-electron chi connectivity index (χ1n) is 6.19. The third kappa shape index (κ3) is 2.33. The maximum atomic E-state index is 13.8. The predicted molar refractivity (Wildman–Crippen MR) is 71.0 cm³/mol. The lowest BCUT2D eigenvalue weighted by Gasteiger charge is -2.12. The van der Waals surface area contributed by atoms with Gasteiger partial charge in [-0.25, -0.2) is 13.2 Å². The Hall–Kier alpha value is -2.11. The Morgan fingerprint density at radius 1 is 1.00 bits per heavy atom. The van der Waals surface area contributed by atoms with Gasteiger partial charge in [0.15, 0.2) is 23.3 Å². The lowest BCUT2D eigenvalue weighted by atomic mass is 10.0. The average molecular weight is 281 g/mol. The van der Waals surface area contributed by atoms with E-state index < -0.39 is 17.5 Å². The van der Waals surface area contributed by atoms with Crippen LogP contribution in [0, 0.1) is 31.3 Å². The first-order chi connectivity index (χ1) is 9.47. The van der Waals surface area contributed by atoms with Crippen molar-refractivity contribution in [3.8, 4) is 11.3 Å². The second-order valence-electron chi connectivity index (χ2n) is 4.40. The fourth-order valence-electron chi connectivity index (χ4n) is 1.91. The van der Waals surface area contributed by atoms with E-state index in [4.69, 9.17) is 0 Å². The lowest BCUT2D eigenvalue weighted by molar-refractivity contribution is 0.448. The van der Waals surface area contributed by atoms with Gasteiger partial charge in [0.2, 0.25) is 0 Å². The van der Waals surface area contributed by atoms with Crippen LogP contribution in [-0.4, -0.2) is 16.7 Å². The molecule has 0 amide bonds. The first-order valence-corrected chi connectivity index (χ1v) is 6.19. The van der Waals surface area contributed by atoms with Gasteiger partial charge in [0.1, 0.15) is 0 Å². The van der Waals surface area contributed by atoms with Gasteiger partial charge in [-0.3, -0.25) is 0 Å². The van der Waals surface area contributed by atoms with Crippen LogP contribution in [0.25, 0.3) is 11.3 Å².